The molecule has 0 aromatic carbocycles. The van der Waals surface area contributed by atoms with Crippen molar-refractivity contribution in [3.05, 3.63) is 0 Å². The number of hydrogen-bond acceptors (Lipinski definition) is 4. The zero-order valence-electron chi connectivity index (χ0n) is 6.21. The molecule has 0 saturated heterocycles. The summed E-state index contributed by atoms with van der Waals surface area (Å²) in [6.45, 7) is 0. The van der Waals surface area contributed by atoms with Gasteiger partial charge in [-0.1, -0.05) is 0 Å². The molecule has 0 radical (unpaired) electrons. The smallest absolute Gasteiger partial charge is 1.00 e. The van der Waals surface area contributed by atoms with E-state index in [-0.39, 0.29) is 31.0 Å². The van der Waals surface area contributed by atoms with Gasteiger partial charge in [-0.2, -0.15) is 0 Å². The van der Waals surface area contributed by atoms with Gasteiger partial charge in [0.1, 0.15) is 0 Å². The standard InChI is InChI=1S/C2H8O4Si.Na.H/c1-5-7(3,4)6-2;;/h3-4H,1-2H3;;/q;+1;-1. The molecule has 0 bridgehead atoms. The molecule has 0 saturated carbocycles. The number of rotatable bonds is 2. The minimum atomic E-state index is -3.65. The van der Waals surface area contributed by atoms with Crippen LogP contribution in [0.1, 0.15) is 1.43 Å². The van der Waals surface area contributed by atoms with E-state index in [1.165, 1.54) is 14.2 Å². The molecule has 0 unspecified atom stereocenters. The van der Waals surface area contributed by atoms with E-state index in [4.69, 9.17) is 9.59 Å². The molecule has 0 amide bonds. The topological polar surface area (TPSA) is 58.9 Å². The molecular weight excluding hydrogens is 139 g/mol. The maximum Gasteiger partial charge on any atom is 1.00 e. The number of hydrogen-bond donors (Lipinski definition) is 2. The molecule has 0 aliphatic rings. The Morgan fingerprint density at radius 2 is 1.50 bits per heavy atom. The SMILES string of the molecule is CO[Si](O)(O)OC.[H-].[Na+]. The molecule has 6 heteroatoms. The van der Waals surface area contributed by atoms with Crippen molar-refractivity contribution in [3.63, 3.8) is 0 Å². The van der Waals surface area contributed by atoms with E-state index in [0.717, 1.165) is 0 Å². The van der Waals surface area contributed by atoms with Crippen molar-refractivity contribution in [2.75, 3.05) is 14.2 Å². The van der Waals surface area contributed by atoms with Crippen LogP contribution in [0.15, 0.2) is 0 Å². The maximum atomic E-state index is 8.38. The van der Waals surface area contributed by atoms with Gasteiger partial charge in [0.05, 0.1) is 0 Å². The van der Waals surface area contributed by atoms with Crippen molar-refractivity contribution in [1.29, 1.82) is 0 Å². The molecule has 0 aliphatic carbocycles. The van der Waals surface area contributed by atoms with E-state index < -0.39 is 9.05 Å². The summed E-state index contributed by atoms with van der Waals surface area (Å²) in [5.41, 5.74) is 0. The molecular formula is C2H9NaO4Si. The van der Waals surface area contributed by atoms with Crippen molar-refractivity contribution >= 4 is 9.05 Å². The summed E-state index contributed by atoms with van der Waals surface area (Å²) >= 11 is 0. The second-order valence-corrected chi connectivity index (χ2v) is 2.87. The Balaban J connectivity index is -0.000000180. The van der Waals surface area contributed by atoms with Crippen LogP contribution in [0.25, 0.3) is 0 Å². The van der Waals surface area contributed by atoms with E-state index in [9.17, 15) is 0 Å². The van der Waals surface area contributed by atoms with Crippen molar-refractivity contribution in [2.45, 2.75) is 0 Å². The molecule has 0 spiro atoms. The van der Waals surface area contributed by atoms with Gasteiger partial charge in [-0.3, -0.25) is 0 Å². The van der Waals surface area contributed by atoms with Gasteiger partial charge in [-0.05, 0) is 0 Å². The van der Waals surface area contributed by atoms with Crippen molar-refractivity contribution in [3.8, 4) is 0 Å². The molecule has 0 heterocycles. The van der Waals surface area contributed by atoms with Crippen molar-refractivity contribution < 1.29 is 49.4 Å². The van der Waals surface area contributed by atoms with Gasteiger partial charge in [-0.25, -0.2) is 0 Å². The Hall–Kier alpha value is 1.06. The Labute approximate surface area is 72.7 Å². The van der Waals surface area contributed by atoms with Gasteiger partial charge in [-0.15, -0.1) is 0 Å². The molecule has 0 aromatic heterocycles. The van der Waals surface area contributed by atoms with E-state index in [0.29, 0.717) is 0 Å². The van der Waals surface area contributed by atoms with E-state index in [1.54, 1.807) is 0 Å². The molecule has 0 rings (SSSR count). The molecule has 0 aliphatic heterocycles. The molecule has 8 heavy (non-hydrogen) atoms. The normalized spacial score (nSPS) is 10.5. The third kappa shape index (κ3) is 5.20. The summed E-state index contributed by atoms with van der Waals surface area (Å²) in [6, 6.07) is 0. The average Bonchev–Trinajstić information content (AvgIpc) is 1.68. The first-order valence-electron chi connectivity index (χ1n) is 1.67. The monoisotopic (exact) mass is 148 g/mol. The molecule has 46 valence electrons. The third-order valence-corrected chi connectivity index (χ3v) is 1.60. The van der Waals surface area contributed by atoms with Crippen LogP contribution in [0.4, 0.5) is 0 Å². The average molecular weight is 148 g/mol. The fourth-order valence-corrected chi connectivity index (χ4v) is 0.250. The summed E-state index contributed by atoms with van der Waals surface area (Å²) in [6.07, 6.45) is 0. The first-order chi connectivity index (χ1) is 3.12. The summed E-state index contributed by atoms with van der Waals surface area (Å²) in [5, 5.41) is 0. The van der Waals surface area contributed by atoms with Crippen molar-refractivity contribution in [2.24, 2.45) is 0 Å². The van der Waals surface area contributed by atoms with Crippen LogP contribution < -0.4 is 29.6 Å². The van der Waals surface area contributed by atoms with Gasteiger partial charge >= 0.3 is 38.6 Å². The Kier molecular flexibility index (Phi) is 7.22. The summed E-state index contributed by atoms with van der Waals surface area (Å²) in [7, 11) is -1.30. The molecule has 0 aromatic rings. The van der Waals surface area contributed by atoms with Gasteiger partial charge in [0.25, 0.3) is 0 Å². The predicted molar refractivity (Wildman–Crippen MR) is 25.3 cm³/mol. The first kappa shape index (κ1) is 11.8. The second kappa shape index (κ2) is 4.89. The molecule has 0 atom stereocenters. The van der Waals surface area contributed by atoms with Crippen molar-refractivity contribution in [1.82, 2.24) is 0 Å². The Bertz CT molecular complexity index is 56.5. The zero-order valence-corrected chi connectivity index (χ0v) is 8.21. The third-order valence-electron chi connectivity index (χ3n) is 0.532. The quantitative estimate of drug-likeness (QED) is 0.390. The second-order valence-electron chi connectivity index (χ2n) is 0.957. The summed E-state index contributed by atoms with van der Waals surface area (Å²) < 4.78 is 8.23. The van der Waals surface area contributed by atoms with Gasteiger partial charge in [0, 0.05) is 14.2 Å². The van der Waals surface area contributed by atoms with Crippen LogP contribution in [-0.4, -0.2) is 32.9 Å². The molecule has 0 fully saturated rings. The van der Waals surface area contributed by atoms with Crippen LogP contribution in [-0.2, 0) is 8.85 Å². The van der Waals surface area contributed by atoms with Gasteiger partial charge in [0.15, 0.2) is 0 Å². The van der Waals surface area contributed by atoms with Gasteiger partial charge in [0.2, 0.25) is 0 Å². The largest absolute Gasteiger partial charge is 1.00 e. The van der Waals surface area contributed by atoms with E-state index in [2.05, 4.69) is 8.85 Å². The molecule has 2 N–H and O–H groups in total. The fourth-order valence-electron chi connectivity index (χ4n) is 0.0833. The van der Waals surface area contributed by atoms with Crippen LogP contribution in [0.3, 0.4) is 0 Å². The molecule has 4 nitrogen and oxygen atoms in total. The summed E-state index contributed by atoms with van der Waals surface area (Å²) in [4.78, 5) is 16.8. The zero-order chi connectivity index (χ0) is 5.91. The first-order valence-corrected chi connectivity index (χ1v) is 3.38. The Morgan fingerprint density at radius 3 is 1.50 bits per heavy atom. The maximum absolute atomic E-state index is 8.38. The van der Waals surface area contributed by atoms with Crippen LogP contribution >= 0.6 is 0 Å². The van der Waals surface area contributed by atoms with E-state index >= 15 is 0 Å². The minimum absolute atomic E-state index is 0. The van der Waals surface area contributed by atoms with Gasteiger partial charge < -0.3 is 19.9 Å². The minimum Gasteiger partial charge on any atom is -1.00 e. The van der Waals surface area contributed by atoms with Crippen LogP contribution in [0, 0.1) is 0 Å². The van der Waals surface area contributed by atoms with Crippen LogP contribution in [0.5, 0.6) is 0 Å². The fraction of sp³-hybridized carbons (Fsp3) is 1.00. The predicted octanol–water partition coefficient (Wildman–Crippen LogP) is -4.18. The Morgan fingerprint density at radius 1 is 1.25 bits per heavy atom. The summed E-state index contributed by atoms with van der Waals surface area (Å²) in [5.74, 6) is 0. The van der Waals surface area contributed by atoms with E-state index in [1.807, 2.05) is 0 Å². The van der Waals surface area contributed by atoms with Crippen LogP contribution in [0.2, 0.25) is 0 Å².